The molecule has 2 aromatic carbocycles. The first-order chi connectivity index (χ1) is 8.99. The van der Waals surface area contributed by atoms with E-state index in [0.29, 0.717) is 11.3 Å². The first kappa shape index (κ1) is 15.2. The van der Waals surface area contributed by atoms with Gasteiger partial charge in [-0.25, -0.2) is 0 Å². The zero-order valence-corrected chi connectivity index (χ0v) is 15.7. The summed E-state index contributed by atoms with van der Waals surface area (Å²) < 4.78 is 3.24. The summed E-state index contributed by atoms with van der Waals surface area (Å²) in [5, 5.41) is 2.88. The summed E-state index contributed by atoms with van der Waals surface area (Å²) in [6.45, 7) is 0. The highest BCUT2D eigenvalue weighted by atomic mass is 79.9. The van der Waals surface area contributed by atoms with E-state index in [1.807, 2.05) is 30.3 Å². The average molecular weight is 513 g/mol. The molecule has 0 radical (unpaired) electrons. The standard InChI is InChI=1S/C13H7Br4NO/c14-7-4-5-9(15)8(6-7)13(19)18-12-10(16)2-1-3-11(12)17/h1-6H,(H,18,19). The van der Waals surface area contributed by atoms with Crippen LogP contribution in [0, 0.1) is 0 Å². The van der Waals surface area contributed by atoms with Gasteiger partial charge in [-0.3, -0.25) is 4.79 Å². The van der Waals surface area contributed by atoms with E-state index in [-0.39, 0.29) is 5.91 Å². The second-order valence-electron chi connectivity index (χ2n) is 3.67. The minimum Gasteiger partial charge on any atom is -0.320 e. The molecule has 0 bridgehead atoms. The Morgan fingerprint density at radius 1 is 0.895 bits per heavy atom. The Morgan fingerprint density at radius 2 is 1.53 bits per heavy atom. The maximum Gasteiger partial charge on any atom is 0.256 e. The van der Waals surface area contributed by atoms with Crippen LogP contribution in [0.3, 0.4) is 0 Å². The topological polar surface area (TPSA) is 29.1 Å². The Morgan fingerprint density at radius 3 is 2.16 bits per heavy atom. The minimum atomic E-state index is -0.180. The van der Waals surface area contributed by atoms with Gasteiger partial charge in [-0.2, -0.15) is 0 Å². The van der Waals surface area contributed by atoms with Gasteiger partial charge in [0.15, 0.2) is 0 Å². The van der Waals surface area contributed by atoms with Crippen LogP contribution < -0.4 is 5.32 Å². The van der Waals surface area contributed by atoms with Gasteiger partial charge in [0, 0.05) is 17.9 Å². The highest BCUT2D eigenvalue weighted by Crippen LogP contribution is 2.31. The molecule has 0 aromatic heterocycles. The lowest BCUT2D eigenvalue weighted by Crippen LogP contribution is -2.13. The molecule has 1 N–H and O–H groups in total. The number of nitrogens with one attached hydrogen (secondary N) is 1. The minimum absolute atomic E-state index is 0.180. The number of para-hydroxylation sites is 1. The van der Waals surface area contributed by atoms with E-state index in [1.54, 1.807) is 6.07 Å². The molecule has 2 aromatic rings. The van der Waals surface area contributed by atoms with Crippen molar-refractivity contribution in [2.45, 2.75) is 0 Å². The summed E-state index contributed by atoms with van der Waals surface area (Å²) in [6, 6.07) is 11.1. The van der Waals surface area contributed by atoms with Crippen molar-refractivity contribution in [2.75, 3.05) is 5.32 Å². The second kappa shape index (κ2) is 6.52. The normalized spacial score (nSPS) is 10.3. The van der Waals surface area contributed by atoms with Crippen molar-refractivity contribution >= 4 is 75.3 Å². The molecule has 0 saturated carbocycles. The van der Waals surface area contributed by atoms with Crippen LogP contribution in [-0.2, 0) is 0 Å². The van der Waals surface area contributed by atoms with Crippen LogP contribution in [0.2, 0.25) is 0 Å². The number of amides is 1. The van der Waals surface area contributed by atoms with Crippen molar-refractivity contribution in [2.24, 2.45) is 0 Å². The van der Waals surface area contributed by atoms with Gasteiger partial charge in [-0.15, -0.1) is 0 Å². The van der Waals surface area contributed by atoms with Crippen molar-refractivity contribution in [3.05, 3.63) is 59.9 Å². The van der Waals surface area contributed by atoms with Gasteiger partial charge >= 0.3 is 0 Å². The molecule has 0 saturated heterocycles. The Kier molecular flexibility index (Phi) is 5.22. The monoisotopic (exact) mass is 509 g/mol. The number of carbonyl (C=O) groups is 1. The van der Waals surface area contributed by atoms with Gasteiger partial charge in [-0.1, -0.05) is 22.0 Å². The molecule has 2 rings (SSSR count). The van der Waals surface area contributed by atoms with Crippen molar-refractivity contribution in [3.8, 4) is 0 Å². The van der Waals surface area contributed by atoms with Crippen molar-refractivity contribution in [1.82, 2.24) is 0 Å². The summed E-state index contributed by atoms with van der Waals surface area (Å²) in [5.41, 5.74) is 1.27. The lowest BCUT2D eigenvalue weighted by Gasteiger charge is -2.10. The zero-order chi connectivity index (χ0) is 14.0. The van der Waals surface area contributed by atoms with Crippen LogP contribution in [0.25, 0.3) is 0 Å². The van der Waals surface area contributed by atoms with Crippen LogP contribution in [-0.4, -0.2) is 5.91 Å². The van der Waals surface area contributed by atoms with Crippen molar-refractivity contribution in [3.63, 3.8) is 0 Å². The predicted molar refractivity (Wildman–Crippen MR) is 91.6 cm³/mol. The molecule has 0 aliphatic heterocycles. The Hall–Kier alpha value is -0.170. The smallest absolute Gasteiger partial charge is 0.256 e. The van der Waals surface area contributed by atoms with Crippen LogP contribution in [0.1, 0.15) is 10.4 Å². The van der Waals surface area contributed by atoms with Crippen LogP contribution in [0.5, 0.6) is 0 Å². The largest absolute Gasteiger partial charge is 0.320 e. The van der Waals surface area contributed by atoms with Crippen molar-refractivity contribution < 1.29 is 4.79 Å². The predicted octanol–water partition coefficient (Wildman–Crippen LogP) is 5.99. The first-order valence-electron chi connectivity index (χ1n) is 5.19. The summed E-state index contributed by atoms with van der Waals surface area (Å²) in [6.07, 6.45) is 0. The number of halogens is 4. The van der Waals surface area contributed by atoms with E-state index >= 15 is 0 Å². The Bertz CT molecular complexity index is 622. The van der Waals surface area contributed by atoms with E-state index in [0.717, 1.165) is 17.9 Å². The summed E-state index contributed by atoms with van der Waals surface area (Å²) >= 11 is 13.6. The molecule has 0 heterocycles. The Balaban J connectivity index is 2.34. The number of carbonyl (C=O) groups excluding carboxylic acids is 1. The van der Waals surface area contributed by atoms with Gasteiger partial charge in [-0.05, 0) is 78.1 Å². The number of rotatable bonds is 2. The fourth-order valence-corrected chi connectivity index (χ4v) is 3.45. The van der Waals surface area contributed by atoms with Crippen molar-refractivity contribution in [1.29, 1.82) is 0 Å². The third-order valence-electron chi connectivity index (χ3n) is 2.37. The molecule has 0 aliphatic rings. The van der Waals surface area contributed by atoms with Gasteiger partial charge in [0.1, 0.15) is 0 Å². The lowest BCUT2D eigenvalue weighted by atomic mass is 10.2. The molecule has 6 heteroatoms. The molecule has 98 valence electrons. The summed E-state index contributed by atoms with van der Waals surface area (Å²) in [5.74, 6) is -0.180. The maximum absolute atomic E-state index is 12.3. The molecular weight excluding hydrogens is 506 g/mol. The Labute approximate surface area is 144 Å². The molecule has 0 unspecified atom stereocenters. The highest BCUT2D eigenvalue weighted by molar-refractivity contribution is 9.11. The van der Waals surface area contributed by atoms with E-state index in [2.05, 4.69) is 69.0 Å². The van der Waals surface area contributed by atoms with Crippen LogP contribution >= 0.6 is 63.7 Å². The highest BCUT2D eigenvalue weighted by Gasteiger charge is 2.13. The van der Waals surface area contributed by atoms with E-state index in [9.17, 15) is 4.79 Å². The number of hydrogen-bond donors (Lipinski definition) is 1. The number of hydrogen-bond acceptors (Lipinski definition) is 1. The van der Waals surface area contributed by atoms with Gasteiger partial charge < -0.3 is 5.32 Å². The third-order valence-corrected chi connectivity index (χ3v) is 4.88. The SMILES string of the molecule is O=C(Nc1c(Br)cccc1Br)c1cc(Br)ccc1Br. The third kappa shape index (κ3) is 3.68. The molecular formula is C13H7Br4NO. The quantitative estimate of drug-likeness (QED) is 0.526. The molecule has 2 nitrogen and oxygen atoms in total. The van der Waals surface area contributed by atoms with E-state index in [1.165, 1.54) is 0 Å². The van der Waals surface area contributed by atoms with Crippen LogP contribution in [0.4, 0.5) is 5.69 Å². The van der Waals surface area contributed by atoms with Gasteiger partial charge in [0.25, 0.3) is 5.91 Å². The van der Waals surface area contributed by atoms with Gasteiger partial charge in [0.05, 0.1) is 11.3 Å². The van der Waals surface area contributed by atoms with Gasteiger partial charge in [0.2, 0.25) is 0 Å². The fourth-order valence-electron chi connectivity index (χ4n) is 1.47. The summed E-state index contributed by atoms with van der Waals surface area (Å²) in [7, 11) is 0. The first-order valence-corrected chi connectivity index (χ1v) is 8.36. The number of benzene rings is 2. The second-order valence-corrected chi connectivity index (χ2v) is 7.15. The molecule has 0 atom stereocenters. The molecule has 19 heavy (non-hydrogen) atoms. The van der Waals surface area contributed by atoms with E-state index in [4.69, 9.17) is 0 Å². The average Bonchev–Trinajstić information content (AvgIpc) is 2.37. The zero-order valence-electron chi connectivity index (χ0n) is 9.38. The number of anilines is 1. The lowest BCUT2D eigenvalue weighted by molar-refractivity contribution is 0.102. The molecule has 0 aliphatic carbocycles. The summed E-state index contributed by atoms with van der Waals surface area (Å²) in [4.78, 5) is 12.3. The van der Waals surface area contributed by atoms with E-state index < -0.39 is 0 Å². The molecule has 1 amide bonds. The maximum atomic E-state index is 12.3. The fraction of sp³-hybridized carbons (Fsp3) is 0. The van der Waals surface area contributed by atoms with Crippen LogP contribution in [0.15, 0.2) is 54.3 Å². The molecule has 0 fully saturated rings. The molecule has 0 spiro atoms.